The van der Waals surface area contributed by atoms with Crippen LogP contribution in [0.2, 0.25) is 5.02 Å². The van der Waals surface area contributed by atoms with Crippen LogP contribution in [0.3, 0.4) is 0 Å². The maximum absolute atomic E-state index is 12.9. The van der Waals surface area contributed by atoms with E-state index in [2.05, 4.69) is 15.1 Å². The maximum atomic E-state index is 12.9. The van der Waals surface area contributed by atoms with E-state index in [4.69, 9.17) is 11.6 Å². The lowest BCUT2D eigenvalue weighted by atomic mass is 10.1. The van der Waals surface area contributed by atoms with Crippen LogP contribution in [0.5, 0.6) is 0 Å². The van der Waals surface area contributed by atoms with Gasteiger partial charge in [0.1, 0.15) is 5.82 Å². The number of aromatic nitrogens is 5. The molecule has 0 radical (unpaired) electrons. The molecule has 7 heteroatoms. The molecule has 3 heterocycles. The zero-order valence-corrected chi connectivity index (χ0v) is 13.9. The van der Waals surface area contributed by atoms with Gasteiger partial charge in [0.25, 0.3) is 11.3 Å². The highest BCUT2D eigenvalue weighted by Crippen LogP contribution is 2.31. The highest BCUT2D eigenvalue weighted by atomic mass is 35.5. The van der Waals surface area contributed by atoms with E-state index in [0.29, 0.717) is 39.8 Å². The quantitative estimate of drug-likeness (QED) is 0.563. The monoisotopic (exact) mass is 339 g/mol. The molecule has 0 N–H and O–H groups in total. The Morgan fingerprint density at radius 3 is 2.71 bits per heavy atom. The predicted octanol–water partition coefficient (Wildman–Crippen LogP) is 3.09. The van der Waals surface area contributed by atoms with Gasteiger partial charge in [0.05, 0.1) is 16.6 Å². The van der Waals surface area contributed by atoms with E-state index in [1.54, 1.807) is 28.3 Å². The Balaban J connectivity index is 2.29. The smallest absolute Gasteiger partial charge is 0.262 e. The minimum absolute atomic E-state index is 0.118. The van der Waals surface area contributed by atoms with E-state index in [1.807, 2.05) is 31.2 Å². The lowest BCUT2D eigenvalue weighted by molar-refractivity contribution is 0.733. The SMILES string of the molecule is CCn1ccc2nc3nc(C)nn3c(-c3ccccc3Cl)c2c1=O. The summed E-state index contributed by atoms with van der Waals surface area (Å²) in [6, 6.07) is 9.22. The van der Waals surface area contributed by atoms with Crippen LogP contribution in [-0.4, -0.2) is 24.1 Å². The van der Waals surface area contributed by atoms with E-state index >= 15 is 0 Å². The van der Waals surface area contributed by atoms with Crippen molar-refractivity contribution in [2.45, 2.75) is 20.4 Å². The summed E-state index contributed by atoms with van der Waals surface area (Å²) in [6.45, 7) is 4.29. The first kappa shape index (κ1) is 14.8. The number of hydrogen-bond donors (Lipinski definition) is 0. The van der Waals surface area contributed by atoms with Gasteiger partial charge in [-0.1, -0.05) is 29.8 Å². The van der Waals surface area contributed by atoms with Crippen molar-refractivity contribution in [2.24, 2.45) is 0 Å². The van der Waals surface area contributed by atoms with Crippen molar-refractivity contribution >= 4 is 28.3 Å². The lowest BCUT2D eigenvalue weighted by Gasteiger charge is -2.11. The number of halogens is 1. The van der Waals surface area contributed by atoms with Gasteiger partial charge in [0.2, 0.25) is 0 Å². The van der Waals surface area contributed by atoms with Gasteiger partial charge < -0.3 is 4.57 Å². The molecular weight excluding hydrogens is 326 g/mol. The third-order valence-electron chi connectivity index (χ3n) is 3.98. The molecule has 0 saturated carbocycles. The third-order valence-corrected chi connectivity index (χ3v) is 4.31. The van der Waals surface area contributed by atoms with Crippen LogP contribution in [0.1, 0.15) is 12.7 Å². The molecule has 0 aliphatic carbocycles. The molecule has 0 amide bonds. The Morgan fingerprint density at radius 2 is 1.96 bits per heavy atom. The Morgan fingerprint density at radius 1 is 1.17 bits per heavy atom. The van der Waals surface area contributed by atoms with Crippen LogP contribution < -0.4 is 5.56 Å². The molecule has 0 bridgehead atoms. The van der Waals surface area contributed by atoms with Gasteiger partial charge >= 0.3 is 0 Å². The van der Waals surface area contributed by atoms with Crippen LogP contribution in [0.15, 0.2) is 41.3 Å². The van der Waals surface area contributed by atoms with Crippen LogP contribution in [0.4, 0.5) is 0 Å². The third kappa shape index (κ3) is 2.11. The molecular formula is C17H14ClN5O. The van der Waals surface area contributed by atoms with Crippen molar-refractivity contribution in [1.82, 2.24) is 24.1 Å². The molecule has 1 aromatic carbocycles. The second kappa shape index (κ2) is 5.42. The van der Waals surface area contributed by atoms with E-state index in [1.165, 1.54) is 0 Å². The number of aryl methyl sites for hydroxylation is 2. The van der Waals surface area contributed by atoms with E-state index in [0.717, 1.165) is 5.56 Å². The van der Waals surface area contributed by atoms with Gasteiger partial charge in [-0.05, 0) is 26.0 Å². The number of rotatable bonds is 2. The standard InChI is InChI=1S/C17H14ClN5O/c1-3-22-9-8-13-14(16(22)24)15(11-6-4-5-7-12(11)18)23-17(20-13)19-10(2)21-23/h4-9H,3H2,1-2H3. The molecule has 0 saturated heterocycles. The summed E-state index contributed by atoms with van der Waals surface area (Å²) < 4.78 is 3.24. The Labute approximate surface area is 142 Å². The fraction of sp³-hybridized carbons (Fsp3) is 0.176. The topological polar surface area (TPSA) is 65.1 Å². The van der Waals surface area contributed by atoms with Crippen molar-refractivity contribution < 1.29 is 0 Å². The summed E-state index contributed by atoms with van der Waals surface area (Å²) >= 11 is 6.40. The Bertz CT molecular complexity index is 1150. The van der Waals surface area contributed by atoms with Crippen LogP contribution in [-0.2, 0) is 6.54 Å². The average Bonchev–Trinajstić information content (AvgIpc) is 2.94. The summed E-state index contributed by atoms with van der Waals surface area (Å²) in [5, 5.41) is 5.45. The number of nitrogens with zero attached hydrogens (tertiary/aromatic N) is 5. The van der Waals surface area contributed by atoms with Crippen molar-refractivity contribution in [3.05, 3.63) is 57.7 Å². The molecule has 0 fully saturated rings. The van der Waals surface area contributed by atoms with Crippen molar-refractivity contribution in [3.63, 3.8) is 0 Å². The summed E-state index contributed by atoms with van der Waals surface area (Å²) in [5.74, 6) is 1.03. The average molecular weight is 340 g/mol. The molecule has 0 unspecified atom stereocenters. The van der Waals surface area contributed by atoms with Gasteiger partial charge in [0, 0.05) is 23.3 Å². The van der Waals surface area contributed by atoms with Gasteiger partial charge in [0.15, 0.2) is 0 Å². The maximum Gasteiger partial charge on any atom is 0.262 e. The predicted molar refractivity (Wildman–Crippen MR) is 93.4 cm³/mol. The summed E-state index contributed by atoms with van der Waals surface area (Å²) in [4.78, 5) is 21.8. The van der Waals surface area contributed by atoms with E-state index in [9.17, 15) is 4.79 Å². The normalized spacial score (nSPS) is 11.5. The molecule has 24 heavy (non-hydrogen) atoms. The molecule has 0 aliphatic heterocycles. The van der Waals surface area contributed by atoms with Gasteiger partial charge in [-0.25, -0.2) is 4.98 Å². The van der Waals surface area contributed by atoms with Crippen LogP contribution in [0.25, 0.3) is 27.9 Å². The molecule has 3 aromatic heterocycles. The number of pyridine rings is 1. The first-order valence-corrected chi connectivity index (χ1v) is 7.99. The minimum Gasteiger partial charge on any atom is -0.315 e. The molecule has 0 aliphatic rings. The van der Waals surface area contributed by atoms with Crippen molar-refractivity contribution in [3.8, 4) is 11.3 Å². The largest absolute Gasteiger partial charge is 0.315 e. The molecule has 6 nitrogen and oxygen atoms in total. The Kier molecular flexibility index (Phi) is 3.35. The van der Waals surface area contributed by atoms with Crippen LogP contribution in [0, 0.1) is 6.92 Å². The second-order valence-electron chi connectivity index (χ2n) is 5.48. The zero-order valence-electron chi connectivity index (χ0n) is 13.2. The summed E-state index contributed by atoms with van der Waals surface area (Å²) in [5.41, 5.74) is 1.81. The van der Waals surface area contributed by atoms with E-state index in [-0.39, 0.29) is 5.56 Å². The van der Waals surface area contributed by atoms with Crippen LogP contribution >= 0.6 is 11.6 Å². The number of hydrogen-bond acceptors (Lipinski definition) is 4. The van der Waals surface area contributed by atoms with Crippen molar-refractivity contribution in [2.75, 3.05) is 0 Å². The molecule has 0 atom stereocenters. The molecule has 0 spiro atoms. The minimum atomic E-state index is -0.118. The summed E-state index contributed by atoms with van der Waals surface area (Å²) in [6.07, 6.45) is 1.74. The molecule has 120 valence electrons. The van der Waals surface area contributed by atoms with Gasteiger partial charge in [-0.2, -0.15) is 9.50 Å². The first-order chi connectivity index (χ1) is 11.6. The van der Waals surface area contributed by atoms with E-state index < -0.39 is 0 Å². The zero-order chi connectivity index (χ0) is 16.8. The van der Waals surface area contributed by atoms with Crippen molar-refractivity contribution in [1.29, 1.82) is 0 Å². The van der Waals surface area contributed by atoms with Gasteiger partial charge in [-0.15, -0.1) is 5.10 Å². The summed E-state index contributed by atoms with van der Waals surface area (Å²) in [7, 11) is 0. The highest BCUT2D eigenvalue weighted by molar-refractivity contribution is 6.33. The lowest BCUT2D eigenvalue weighted by Crippen LogP contribution is -2.20. The van der Waals surface area contributed by atoms with Gasteiger partial charge in [-0.3, -0.25) is 4.79 Å². The highest BCUT2D eigenvalue weighted by Gasteiger charge is 2.19. The second-order valence-corrected chi connectivity index (χ2v) is 5.89. The first-order valence-electron chi connectivity index (χ1n) is 7.61. The number of benzene rings is 1. The fourth-order valence-corrected chi connectivity index (χ4v) is 3.10. The molecule has 4 rings (SSSR count). The number of fused-ring (bicyclic) bond motifs is 2. The molecule has 4 aromatic rings. The Hall–Kier alpha value is -2.73. The fourth-order valence-electron chi connectivity index (χ4n) is 2.87.